The Hall–Kier alpha value is -0.571. The molecule has 1 saturated heterocycles. The van der Waals surface area contributed by atoms with Crippen LogP contribution >= 0.6 is 0 Å². The van der Waals surface area contributed by atoms with E-state index in [1.165, 1.54) is 5.69 Å². The maximum atomic E-state index is 3.89. The van der Waals surface area contributed by atoms with Crippen LogP contribution in [0.1, 0.15) is 0 Å². The summed E-state index contributed by atoms with van der Waals surface area (Å²) < 4.78 is 0. The van der Waals surface area contributed by atoms with Gasteiger partial charge < -0.3 is 14.8 Å². The predicted octanol–water partition coefficient (Wildman–Crippen LogP) is 0.631. The Morgan fingerprint density at radius 1 is 1.29 bits per heavy atom. The van der Waals surface area contributed by atoms with E-state index in [1.54, 1.807) is 6.20 Å². The first-order valence-corrected chi connectivity index (χ1v) is 4.62. The fraction of sp³-hybridized carbons (Fsp3) is 0.500. The zero-order chi connectivity index (χ0) is 9.10. The van der Waals surface area contributed by atoms with Gasteiger partial charge in [0.25, 0.3) is 0 Å². The van der Waals surface area contributed by atoms with Gasteiger partial charge in [-0.1, -0.05) is 18.1 Å². The van der Waals surface area contributed by atoms with E-state index in [1.807, 2.05) is 12.1 Å². The van der Waals surface area contributed by atoms with Crippen LogP contribution in [0.5, 0.6) is 0 Å². The molecule has 2 heterocycles. The number of likely N-dealkylation sites (N-methyl/N-ethyl adjacent to an activating group) is 1. The minimum Gasteiger partial charge on any atom is -0.421 e. The minimum atomic E-state index is 0. The number of aromatic nitrogens is 1. The third-order valence-corrected chi connectivity index (χ3v) is 2.48. The number of nitrogens with zero attached hydrogens (tertiary/aromatic N) is 3. The van der Waals surface area contributed by atoms with E-state index >= 15 is 0 Å². The first-order chi connectivity index (χ1) is 6.36. The predicted molar refractivity (Wildman–Crippen MR) is 52.8 cm³/mol. The van der Waals surface area contributed by atoms with Gasteiger partial charge in [0.2, 0.25) is 0 Å². The van der Waals surface area contributed by atoms with Gasteiger partial charge in [-0.15, -0.1) is 12.1 Å². The summed E-state index contributed by atoms with van der Waals surface area (Å²) in [7, 11) is 2.16. The van der Waals surface area contributed by atoms with Crippen molar-refractivity contribution >= 4 is 5.69 Å². The van der Waals surface area contributed by atoms with Gasteiger partial charge in [0, 0.05) is 43.2 Å². The molecular formula is C10H14MnN3-. The van der Waals surface area contributed by atoms with Crippen LogP contribution in [0.4, 0.5) is 5.69 Å². The fourth-order valence-corrected chi connectivity index (χ4v) is 1.57. The Kier molecular flexibility index (Phi) is 4.39. The molecule has 0 saturated carbocycles. The van der Waals surface area contributed by atoms with Gasteiger partial charge in [-0.25, -0.2) is 0 Å². The summed E-state index contributed by atoms with van der Waals surface area (Å²) >= 11 is 0. The van der Waals surface area contributed by atoms with Crippen LogP contribution < -0.4 is 4.90 Å². The van der Waals surface area contributed by atoms with E-state index in [-0.39, 0.29) is 17.1 Å². The van der Waals surface area contributed by atoms with E-state index < -0.39 is 0 Å². The van der Waals surface area contributed by atoms with Gasteiger partial charge in [0.15, 0.2) is 0 Å². The Labute approximate surface area is 95.6 Å². The summed E-state index contributed by atoms with van der Waals surface area (Å²) in [6.45, 7) is 4.49. The SMILES string of the molecule is CN1CCN(c2c[c-]ncc2)CC1.[Mn]. The molecule has 2 rings (SSSR count). The molecule has 1 radical (unpaired) electrons. The molecule has 14 heavy (non-hydrogen) atoms. The smallest absolute Gasteiger partial charge is 0.0188 e. The van der Waals surface area contributed by atoms with Gasteiger partial charge in [0.05, 0.1) is 0 Å². The summed E-state index contributed by atoms with van der Waals surface area (Å²) in [6.07, 6.45) is 4.66. The van der Waals surface area contributed by atoms with E-state index in [4.69, 9.17) is 0 Å². The van der Waals surface area contributed by atoms with E-state index in [2.05, 4.69) is 28.0 Å². The average Bonchev–Trinajstić information content (AvgIpc) is 2.20. The molecule has 0 amide bonds. The normalized spacial score (nSPS) is 17.6. The Balaban J connectivity index is 0.000000980. The Morgan fingerprint density at radius 3 is 2.57 bits per heavy atom. The number of pyridine rings is 1. The second kappa shape index (κ2) is 5.34. The molecule has 1 aliphatic rings. The molecule has 3 nitrogen and oxygen atoms in total. The van der Waals surface area contributed by atoms with Gasteiger partial charge >= 0.3 is 0 Å². The van der Waals surface area contributed by atoms with Gasteiger partial charge in [0.1, 0.15) is 0 Å². The van der Waals surface area contributed by atoms with Crippen molar-refractivity contribution in [1.29, 1.82) is 0 Å². The van der Waals surface area contributed by atoms with E-state index in [0.29, 0.717) is 0 Å². The van der Waals surface area contributed by atoms with Crippen LogP contribution in [0.15, 0.2) is 18.3 Å². The van der Waals surface area contributed by atoms with Crippen molar-refractivity contribution in [3.8, 4) is 0 Å². The van der Waals surface area contributed by atoms with Gasteiger partial charge in [-0.3, -0.25) is 0 Å². The second-order valence-electron chi connectivity index (χ2n) is 3.43. The molecule has 1 fully saturated rings. The summed E-state index contributed by atoms with van der Waals surface area (Å²) in [4.78, 5) is 8.61. The third-order valence-electron chi connectivity index (χ3n) is 2.48. The number of hydrogen-bond donors (Lipinski definition) is 0. The largest absolute Gasteiger partial charge is 0.421 e. The monoisotopic (exact) mass is 231 g/mol. The first kappa shape index (κ1) is 11.5. The molecule has 0 N–H and O–H groups in total. The van der Waals surface area contributed by atoms with Crippen molar-refractivity contribution in [1.82, 2.24) is 9.88 Å². The molecule has 1 aromatic heterocycles. The average molecular weight is 231 g/mol. The van der Waals surface area contributed by atoms with Crippen LogP contribution in [0.25, 0.3) is 0 Å². The Bertz CT molecular complexity index is 257. The fourth-order valence-electron chi connectivity index (χ4n) is 1.57. The third kappa shape index (κ3) is 2.71. The van der Waals surface area contributed by atoms with Crippen molar-refractivity contribution in [2.24, 2.45) is 0 Å². The van der Waals surface area contributed by atoms with Crippen LogP contribution in [0.2, 0.25) is 0 Å². The second-order valence-corrected chi connectivity index (χ2v) is 3.43. The summed E-state index contributed by atoms with van der Waals surface area (Å²) in [5.74, 6) is 0. The van der Waals surface area contributed by atoms with Crippen molar-refractivity contribution in [2.45, 2.75) is 0 Å². The number of piperazine rings is 1. The number of anilines is 1. The molecule has 1 aromatic rings. The summed E-state index contributed by atoms with van der Waals surface area (Å²) in [5, 5.41) is 0. The molecule has 0 spiro atoms. The zero-order valence-corrected chi connectivity index (χ0v) is 9.46. The Morgan fingerprint density at radius 2 is 2.00 bits per heavy atom. The van der Waals surface area contributed by atoms with Gasteiger partial charge in [-0.05, 0) is 7.05 Å². The van der Waals surface area contributed by atoms with Crippen LogP contribution in [0.3, 0.4) is 0 Å². The maximum absolute atomic E-state index is 3.89. The molecule has 4 heteroatoms. The van der Waals surface area contributed by atoms with E-state index in [0.717, 1.165) is 26.2 Å². The number of hydrogen-bond acceptors (Lipinski definition) is 3. The van der Waals surface area contributed by atoms with Crippen molar-refractivity contribution in [3.63, 3.8) is 0 Å². The molecule has 0 unspecified atom stereocenters. The minimum absolute atomic E-state index is 0. The molecule has 0 atom stereocenters. The van der Waals surface area contributed by atoms with E-state index in [9.17, 15) is 0 Å². The summed E-state index contributed by atoms with van der Waals surface area (Å²) in [5.41, 5.74) is 1.24. The van der Waals surface area contributed by atoms with Crippen LogP contribution in [-0.4, -0.2) is 43.1 Å². The molecular weight excluding hydrogens is 217 g/mol. The topological polar surface area (TPSA) is 19.4 Å². The molecule has 0 aliphatic carbocycles. The first-order valence-electron chi connectivity index (χ1n) is 4.62. The molecule has 1 aliphatic heterocycles. The molecule has 77 valence electrons. The molecule has 0 aromatic carbocycles. The maximum Gasteiger partial charge on any atom is 0.0188 e. The van der Waals surface area contributed by atoms with Crippen molar-refractivity contribution < 1.29 is 17.1 Å². The summed E-state index contributed by atoms with van der Waals surface area (Å²) in [6, 6.07) is 3.99. The number of rotatable bonds is 1. The van der Waals surface area contributed by atoms with Crippen molar-refractivity contribution in [3.05, 3.63) is 24.5 Å². The van der Waals surface area contributed by atoms with Crippen molar-refractivity contribution in [2.75, 3.05) is 38.1 Å². The van der Waals surface area contributed by atoms with Gasteiger partial charge in [-0.2, -0.15) is 0 Å². The standard InChI is InChI=1S/C10H14N3.Mn/c1-12-6-8-13(9-7-12)10-2-4-11-5-3-10;/h2-4H,6-9H2,1H3;/q-1;. The van der Waals surface area contributed by atoms with Crippen LogP contribution in [-0.2, 0) is 17.1 Å². The quantitative estimate of drug-likeness (QED) is 0.522. The molecule has 0 bridgehead atoms. The zero-order valence-electron chi connectivity index (χ0n) is 8.28. The van der Waals surface area contributed by atoms with Crippen LogP contribution in [0, 0.1) is 6.20 Å².